The third-order valence-corrected chi connectivity index (χ3v) is 4.98. The second-order valence-corrected chi connectivity index (χ2v) is 8.83. The fraction of sp³-hybridized carbons (Fsp3) is 0.429. The lowest BCUT2D eigenvalue weighted by Crippen LogP contribution is -2.60. The van der Waals surface area contributed by atoms with E-state index in [0.717, 1.165) is 12.8 Å². The van der Waals surface area contributed by atoms with Crippen molar-refractivity contribution in [1.82, 2.24) is 30.0 Å². The zero-order valence-corrected chi connectivity index (χ0v) is 17.1. The highest BCUT2D eigenvalue weighted by Gasteiger charge is 2.38. The Morgan fingerprint density at radius 1 is 1.14 bits per heavy atom. The van der Waals surface area contributed by atoms with E-state index in [-0.39, 0.29) is 22.9 Å². The number of aromatic hydroxyl groups is 1. The molecule has 3 aromatic heterocycles. The van der Waals surface area contributed by atoms with Gasteiger partial charge in [-0.3, -0.25) is 0 Å². The van der Waals surface area contributed by atoms with Crippen LogP contribution in [0.4, 0.5) is 0 Å². The van der Waals surface area contributed by atoms with Crippen LogP contribution in [0.2, 0.25) is 0 Å². The quantitative estimate of drug-likeness (QED) is 0.701. The van der Waals surface area contributed by atoms with E-state index in [2.05, 4.69) is 53.2 Å². The Morgan fingerprint density at radius 2 is 1.90 bits per heavy atom. The zero-order chi connectivity index (χ0) is 20.6. The molecule has 1 aliphatic heterocycles. The lowest BCUT2D eigenvalue weighted by atomic mass is 9.81. The van der Waals surface area contributed by atoms with Gasteiger partial charge in [0.1, 0.15) is 23.2 Å². The Morgan fingerprint density at radius 3 is 2.48 bits per heavy atom. The predicted octanol–water partition coefficient (Wildman–Crippen LogP) is 3.12. The summed E-state index contributed by atoms with van der Waals surface area (Å²) in [6.45, 7) is 8.73. The Balaban J connectivity index is 1.50. The van der Waals surface area contributed by atoms with Gasteiger partial charge in [0.25, 0.3) is 0 Å². The molecular weight excluding hydrogens is 368 g/mol. The van der Waals surface area contributed by atoms with Crippen LogP contribution in [0.15, 0.2) is 43.1 Å². The molecule has 0 aromatic carbocycles. The maximum Gasteiger partial charge on any atom is 0.233 e. The highest BCUT2D eigenvalue weighted by molar-refractivity contribution is 5.63. The Bertz CT molecular complexity index is 967. The van der Waals surface area contributed by atoms with Gasteiger partial charge < -0.3 is 19.7 Å². The molecule has 0 spiro atoms. The monoisotopic (exact) mass is 394 g/mol. The summed E-state index contributed by atoms with van der Waals surface area (Å²) in [7, 11) is 0. The van der Waals surface area contributed by atoms with Gasteiger partial charge in [-0.1, -0.05) is 0 Å². The molecule has 0 unspecified atom stereocenters. The van der Waals surface area contributed by atoms with Crippen LogP contribution in [0.1, 0.15) is 40.5 Å². The largest absolute Gasteiger partial charge is 0.506 e. The summed E-state index contributed by atoms with van der Waals surface area (Å²) in [5, 5.41) is 22.4. The van der Waals surface area contributed by atoms with Gasteiger partial charge in [-0.15, -0.1) is 10.2 Å². The minimum Gasteiger partial charge on any atom is -0.506 e. The first-order chi connectivity index (χ1) is 13.7. The first-order valence-corrected chi connectivity index (χ1v) is 9.68. The van der Waals surface area contributed by atoms with E-state index in [1.807, 2.05) is 0 Å². The fourth-order valence-electron chi connectivity index (χ4n) is 4.18. The van der Waals surface area contributed by atoms with Gasteiger partial charge in [0.15, 0.2) is 0 Å². The van der Waals surface area contributed by atoms with Crippen LogP contribution in [0, 0.1) is 0 Å². The number of piperidine rings is 1. The number of nitrogens with zero attached hydrogens (tertiary/aromatic N) is 5. The summed E-state index contributed by atoms with van der Waals surface area (Å²) in [6, 6.07) is 5.16. The van der Waals surface area contributed by atoms with Crippen molar-refractivity contribution in [2.24, 2.45) is 0 Å². The summed E-state index contributed by atoms with van der Waals surface area (Å²) in [5.74, 6) is 0.503. The van der Waals surface area contributed by atoms with Gasteiger partial charge in [-0.2, -0.15) is 0 Å². The fourth-order valence-corrected chi connectivity index (χ4v) is 4.18. The lowest BCUT2D eigenvalue weighted by molar-refractivity contribution is 0.0524. The van der Waals surface area contributed by atoms with Crippen molar-refractivity contribution in [3.05, 3.63) is 43.1 Å². The molecule has 3 aromatic rings. The van der Waals surface area contributed by atoms with Crippen molar-refractivity contribution < 1.29 is 9.84 Å². The molecule has 2 N–H and O–H groups in total. The van der Waals surface area contributed by atoms with Crippen LogP contribution in [-0.2, 0) is 0 Å². The molecule has 1 aliphatic rings. The summed E-state index contributed by atoms with van der Waals surface area (Å²) in [5.41, 5.74) is 1.56. The summed E-state index contributed by atoms with van der Waals surface area (Å²) < 4.78 is 7.87. The smallest absolute Gasteiger partial charge is 0.233 e. The highest BCUT2D eigenvalue weighted by atomic mass is 16.5. The van der Waals surface area contributed by atoms with E-state index in [9.17, 15) is 5.11 Å². The summed E-state index contributed by atoms with van der Waals surface area (Å²) in [6.07, 6.45) is 8.58. The number of hydrogen-bond donors (Lipinski definition) is 2. The standard InChI is InChI=1S/C21H26N6O2/c1-20(2)10-15(11-21(3,4)26-20)29-18-6-5-16(24-25-18)19-17(28)9-14(12-23-19)27-8-7-22-13-27/h5-9,12-13,15,26,28H,10-11H2,1-4H3. The van der Waals surface area contributed by atoms with Crippen LogP contribution in [0.3, 0.4) is 0 Å². The molecule has 0 atom stereocenters. The Kier molecular flexibility index (Phi) is 4.74. The number of nitrogens with one attached hydrogen (secondary N) is 1. The van der Waals surface area contributed by atoms with Crippen LogP contribution < -0.4 is 10.1 Å². The van der Waals surface area contributed by atoms with Crippen molar-refractivity contribution in [3.8, 4) is 28.7 Å². The average Bonchev–Trinajstić information content (AvgIpc) is 3.14. The number of ether oxygens (including phenoxy) is 1. The molecule has 4 rings (SSSR count). The van der Waals surface area contributed by atoms with E-state index in [0.29, 0.717) is 23.0 Å². The number of aromatic nitrogens is 5. The molecule has 0 amide bonds. The van der Waals surface area contributed by atoms with E-state index < -0.39 is 0 Å². The number of pyridine rings is 1. The van der Waals surface area contributed by atoms with Gasteiger partial charge >= 0.3 is 0 Å². The molecule has 152 valence electrons. The topological polar surface area (TPSA) is 98.0 Å². The maximum absolute atomic E-state index is 10.4. The molecular formula is C21H26N6O2. The van der Waals surface area contributed by atoms with Crippen molar-refractivity contribution in [1.29, 1.82) is 0 Å². The first-order valence-electron chi connectivity index (χ1n) is 9.68. The number of hydrogen-bond acceptors (Lipinski definition) is 7. The SMILES string of the molecule is CC1(C)CC(Oc2ccc(-c3ncc(-n4ccnc4)cc3O)nn2)CC(C)(C)N1. The number of imidazole rings is 1. The normalized spacial score (nSPS) is 18.5. The van der Waals surface area contributed by atoms with Gasteiger partial charge in [-0.25, -0.2) is 9.97 Å². The van der Waals surface area contributed by atoms with Gasteiger partial charge in [0, 0.05) is 48.4 Å². The van der Waals surface area contributed by atoms with Crippen molar-refractivity contribution in [2.45, 2.75) is 57.7 Å². The Labute approximate surface area is 170 Å². The third kappa shape index (κ3) is 4.37. The zero-order valence-electron chi connectivity index (χ0n) is 17.1. The van der Waals surface area contributed by atoms with E-state index in [1.165, 1.54) is 0 Å². The molecule has 8 heteroatoms. The van der Waals surface area contributed by atoms with E-state index >= 15 is 0 Å². The molecule has 0 bridgehead atoms. The Hall–Kier alpha value is -3.00. The van der Waals surface area contributed by atoms with Crippen LogP contribution >= 0.6 is 0 Å². The summed E-state index contributed by atoms with van der Waals surface area (Å²) in [4.78, 5) is 8.34. The third-order valence-electron chi connectivity index (χ3n) is 4.98. The minimum atomic E-state index is -0.00746. The van der Waals surface area contributed by atoms with Crippen LogP contribution in [0.5, 0.6) is 11.6 Å². The van der Waals surface area contributed by atoms with Gasteiger partial charge in [0.05, 0.1) is 18.2 Å². The molecule has 4 heterocycles. The van der Waals surface area contributed by atoms with Crippen molar-refractivity contribution >= 4 is 0 Å². The summed E-state index contributed by atoms with van der Waals surface area (Å²) >= 11 is 0. The molecule has 8 nitrogen and oxygen atoms in total. The van der Waals surface area contributed by atoms with Crippen LogP contribution in [-0.4, -0.2) is 47.0 Å². The first kappa shape index (κ1) is 19.3. The molecule has 0 saturated carbocycles. The molecule has 1 saturated heterocycles. The minimum absolute atomic E-state index is 0.00746. The van der Waals surface area contributed by atoms with E-state index in [4.69, 9.17) is 4.74 Å². The van der Waals surface area contributed by atoms with Gasteiger partial charge in [-0.05, 0) is 33.8 Å². The lowest BCUT2D eigenvalue weighted by Gasteiger charge is -2.46. The van der Waals surface area contributed by atoms with Crippen LogP contribution in [0.25, 0.3) is 17.1 Å². The number of rotatable bonds is 4. The van der Waals surface area contributed by atoms with Crippen molar-refractivity contribution in [3.63, 3.8) is 0 Å². The highest BCUT2D eigenvalue weighted by Crippen LogP contribution is 2.31. The van der Waals surface area contributed by atoms with Crippen molar-refractivity contribution in [2.75, 3.05) is 0 Å². The average molecular weight is 394 g/mol. The second-order valence-electron chi connectivity index (χ2n) is 8.83. The molecule has 0 radical (unpaired) electrons. The van der Waals surface area contributed by atoms with Gasteiger partial charge in [0.2, 0.25) is 5.88 Å². The maximum atomic E-state index is 10.4. The molecule has 0 aliphatic carbocycles. The van der Waals surface area contributed by atoms with E-state index in [1.54, 1.807) is 47.7 Å². The predicted molar refractivity (Wildman–Crippen MR) is 109 cm³/mol. The second kappa shape index (κ2) is 7.11. The molecule has 1 fully saturated rings. The molecule has 29 heavy (non-hydrogen) atoms.